The van der Waals surface area contributed by atoms with Gasteiger partial charge in [-0.2, -0.15) is 4.99 Å². The Balaban J connectivity index is 2.18. The van der Waals surface area contributed by atoms with Gasteiger partial charge in [-0.15, -0.1) is 0 Å². The Bertz CT molecular complexity index is 729. The van der Waals surface area contributed by atoms with Gasteiger partial charge >= 0.3 is 5.17 Å². The third-order valence-corrected chi connectivity index (χ3v) is 5.36. The van der Waals surface area contributed by atoms with Crippen LogP contribution in [0.5, 0.6) is 0 Å². The molecule has 120 valence electrons. The zero-order valence-corrected chi connectivity index (χ0v) is 14.9. The molecule has 2 N–H and O–H groups in total. The lowest BCUT2D eigenvalue weighted by molar-refractivity contribution is 0.598. The third-order valence-electron chi connectivity index (χ3n) is 2.97. The van der Waals surface area contributed by atoms with Crippen LogP contribution in [-0.4, -0.2) is 34.9 Å². The summed E-state index contributed by atoms with van der Waals surface area (Å²) < 4.78 is 37.6. The maximum absolute atomic E-state index is 12.4. The first-order valence-electron chi connectivity index (χ1n) is 6.44. The van der Waals surface area contributed by atoms with Gasteiger partial charge < -0.3 is 9.87 Å². The van der Waals surface area contributed by atoms with E-state index in [1.54, 1.807) is 24.3 Å². The summed E-state index contributed by atoms with van der Waals surface area (Å²) in [6.07, 6.45) is 1.07. The maximum atomic E-state index is 12.4. The van der Waals surface area contributed by atoms with Crippen LogP contribution >= 0.6 is 12.2 Å². The molecule has 0 bridgehead atoms. The quantitative estimate of drug-likeness (QED) is 0.626. The molecular weight excluding hydrogens is 342 g/mol. The number of para-hydroxylation sites is 1. The minimum absolute atomic E-state index is 0.142. The molecule has 0 saturated heterocycles. The van der Waals surface area contributed by atoms with Gasteiger partial charge in [-0.25, -0.2) is 8.42 Å². The molecule has 0 fully saturated rings. The smallest absolute Gasteiger partial charge is 0.318 e. The average Bonchev–Trinajstić information content (AvgIpc) is 2.65. The van der Waals surface area contributed by atoms with Crippen LogP contribution in [0, 0.1) is 0 Å². The molecule has 22 heavy (non-hydrogen) atoms. The van der Waals surface area contributed by atoms with Gasteiger partial charge in [-0.05, 0) is 19.9 Å². The van der Waals surface area contributed by atoms with Crippen LogP contribution in [0.1, 0.15) is 19.4 Å². The van der Waals surface area contributed by atoms with E-state index < -0.39 is 26.7 Å². The Kier molecular flexibility index (Phi) is 4.81. The molecule has 9 heteroatoms. The van der Waals surface area contributed by atoms with E-state index in [4.69, 9.17) is 12.2 Å². The predicted molar refractivity (Wildman–Crippen MR) is 94.0 cm³/mol. The molecule has 0 spiro atoms. The summed E-state index contributed by atoms with van der Waals surface area (Å²) in [7, 11) is -3.40. The summed E-state index contributed by atoms with van der Waals surface area (Å²) in [5.41, 5.74) is 0.551. The molecule has 1 unspecified atom stereocenters. The fourth-order valence-corrected chi connectivity index (χ4v) is 3.88. The molecule has 1 atom stereocenters. The molecule has 0 amide bonds. The van der Waals surface area contributed by atoms with Crippen molar-refractivity contribution in [3.63, 3.8) is 0 Å². The second kappa shape index (κ2) is 6.15. The van der Waals surface area contributed by atoms with Gasteiger partial charge in [0.15, 0.2) is 0 Å². The zero-order valence-electron chi connectivity index (χ0n) is 12.4. The number of hydrogen-bond donors (Lipinski definition) is 2. The Hall–Kier alpha value is -1.16. The van der Waals surface area contributed by atoms with E-state index in [-0.39, 0.29) is 5.75 Å². The van der Waals surface area contributed by atoms with Crippen molar-refractivity contribution in [2.75, 3.05) is 11.0 Å². The summed E-state index contributed by atoms with van der Waals surface area (Å²) >= 11 is 3.70. The van der Waals surface area contributed by atoms with Gasteiger partial charge in [0.2, 0.25) is 10.0 Å². The SMILES string of the molecule is CC1(C)NC([S+]([O-])Cc2ccccc2NS(C)(=O)=O)=NC1=S. The van der Waals surface area contributed by atoms with Crippen LogP contribution in [0.3, 0.4) is 0 Å². The molecule has 0 radical (unpaired) electrons. The molecule has 1 aliphatic heterocycles. The van der Waals surface area contributed by atoms with Crippen molar-refractivity contribution < 1.29 is 13.0 Å². The van der Waals surface area contributed by atoms with Crippen LogP contribution in [0.2, 0.25) is 0 Å². The van der Waals surface area contributed by atoms with E-state index in [0.29, 0.717) is 21.4 Å². The number of anilines is 1. The number of sulfonamides is 1. The average molecular weight is 359 g/mol. The first-order chi connectivity index (χ1) is 10.1. The fraction of sp³-hybridized carbons (Fsp3) is 0.385. The first kappa shape index (κ1) is 17.2. The van der Waals surface area contributed by atoms with Crippen LogP contribution in [0.15, 0.2) is 29.3 Å². The van der Waals surface area contributed by atoms with E-state index in [1.807, 2.05) is 13.8 Å². The standard InChI is InChI=1S/C13H17N3O3S3/c1-13(2)11(20)14-12(15-13)21(17)8-9-6-4-5-7-10(9)16-22(3,18)19/h4-7,16H,8H2,1-3H3,(H,14,15,20). The molecule has 1 aromatic carbocycles. The molecule has 1 aliphatic rings. The number of nitrogens with one attached hydrogen (secondary N) is 2. The number of hydrogen-bond acceptors (Lipinski definition) is 5. The number of benzene rings is 1. The molecular formula is C13H17N3O3S3. The van der Waals surface area contributed by atoms with Gasteiger partial charge in [0.25, 0.3) is 0 Å². The minimum Gasteiger partial charge on any atom is -0.609 e. The summed E-state index contributed by atoms with van der Waals surface area (Å²) in [4.78, 5) is 4.60. The molecule has 0 saturated carbocycles. The van der Waals surface area contributed by atoms with Crippen LogP contribution in [0.25, 0.3) is 0 Å². The Morgan fingerprint density at radius 2 is 2.05 bits per heavy atom. The molecule has 0 aliphatic carbocycles. The highest BCUT2D eigenvalue weighted by Gasteiger charge is 2.37. The van der Waals surface area contributed by atoms with Crippen LogP contribution < -0.4 is 10.0 Å². The predicted octanol–water partition coefficient (Wildman–Crippen LogP) is 1.37. The van der Waals surface area contributed by atoms with Crippen molar-refractivity contribution in [3.8, 4) is 0 Å². The van der Waals surface area contributed by atoms with Crippen molar-refractivity contribution in [1.82, 2.24) is 5.32 Å². The van der Waals surface area contributed by atoms with Crippen molar-refractivity contribution in [2.24, 2.45) is 4.99 Å². The number of thiocarbonyl (C=S) groups is 1. The van der Waals surface area contributed by atoms with Crippen LogP contribution in [-0.2, 0) is 27.0 Å². The van der Waals surface area contributed by atoms with E-state index >= 15 is 0 Å². The highest BCUT2D eigenvalue weighted by atomic mass is 32.2. The lowest BCUT2D eigenvalue weighted by Gasteiger charge is -2.19. The minimum atomic E-state index is -3.40. The monoisotopic (exact) mass is 359 g/mol. The van der Waals surface area contributed by atoms with E-state index in [9.17, 15) is 13.0 Å². The lowest BCUT2D eigenvalue weighted by atomic mass is 10.1. The van der Waals surface area contributed by atoms with E-state index in [2.05, 4.69) is 15.0 Å². The molecule has 1 aromatic rings. The fourth-order valence-electron chi connectivity index (χ4n) is 1.84. The van der Waals surface area contributed by atoms with E-state index in [0.717, 1.165) is 6.26 Å². The number of nitrogens with zero attached hydrogens (tertiary/aromatic N) is 1. The molecule has 0 aromatic heterocycles. The summed E-state index contributed by atoms with van der Waals surface area (Å²) in [6, 6.07) is 6.83. The second-order valence-electron chi connectivity index (χ2n) is 5.49. The van der Waals surface area contributed by atoms with Gasteiger partial charge in [0, 0.05) is 16.7 Å². The van der Waals surface area contributed by atoms with Crippen molar-refractivity contribution in [1.29, 1.82) is 0 Å². The van der Waals surface area contributed by atoms with E-state index in [1.165, 1.54) is 0 Å². The summed E-state index contributed by atoms with van der Waals surface area (Å²) in [5.74, 6) is 0.142. The van der Waals surface area contributed by atoms with Gasteiger partial charge in [0.05, 0.1) is 17.5 Å². The molecule has 1 heterocycles. The summed E-state index contributed by atoms with van der Waals surface area (Å²) in [6.45, 7) is 3.73. The first-order valence-corrected chi connectivity index (χ1v) is 10.1. The van der Waals surface area contributed by atoms with Crippen molar-refractivity contribution in [3.05, 3.63) is 29.8 Å². The topological polar surface area (TPSA) is 93.6 Å². The van der Waals surface area contributed by atoms with Crippen molar-refractivity contribution in [2.45, 2.75) is 25.1 Å². The molecule has 2 rings (SSSR count). The van der Waals surface area contributed by atoms with Gasteiger partial charge in [0.1, 0.15) is 10.7 Å². The lowest BCUT2D eigenvalue weighted by Crippen LogP contribution is -2.44. The van der Waals surface area contributed by atoms with Gasteiger partial charge in [-0.3, -0.25) is 4.72 Å². The third kappa shape index (κ3) is 4.19. The highest BCUT2D eigenvalue weighted by molar-refractivity contribution is 8.05. The normalized spacial score (nSPS) is 18.5. The Morgan fingerprint density at radius 1 is 1.41 bits per heavy atom. The number of rotatable bonds is 4. The Labute approximate surface area is 138 Å². The van der Waals surface area contributed by atoms with Crippen LogP contribution in [0.4, 0.5) is 5.69 Å². The highest BCUT2D eigenvalue weighted by Crippen LogP contribution is 2.22. The number of aliphatic imine (C=N–C) groups is 1. The van der Waals surface area contributed by atoms with Gasteiger partial charge in [-0.1, -0.05) is 30.4 Å². The zero-order chi connectivity index (χ0) is 16.5. The molecule has 6 nitrogen and oxygen atoms in total. The second-order valence-corrected chi connectivity index (χ2v) is 8.99. The number of amidine groups is 1. The Morgan fingerprint density at radius 3 is 2.59 bits per heavy atom. The largest absolute Gasteiger partial charge is 0.609 e. The maximum Gasteiger partial charge on any atom is 0.318 e. The van der Waals surface area contributed by atoms with Crippen molar-refractivity contribution >= 4 is 49.3 Å². The summed E-state index contributed by atoms with van der Waals surface area (Å²) in [5, 5.41) is 3.36.